The summed E-state index contributed by atoms with van der Waals surface area (Å²) in [7, 11) is 0. The molecule has 1 unspecified atom stereocenters. The average Bonchev–Trinajstić information content (AvgIpc) is 2.64. The molecule has 2 N–H and O–H groups in total. The first-order valence-electron chi connectivity index (χ1n) is 9.48. The zero-order valence-electron chi connectivity index (χ0n) is 16.9. The number of nitrogens with one attached hydrogen (secondary N) is 1. The zero-order valence-corrected chi connectivity index (χ0v) is 16.9. The number of anilines is 1. The second-order valence-corrected chi connectivity index (χ2v) is 7.53. The Balaban J connectivity index is 1.86. The number of benzene rings is 1. The summed E-state index contributed by atoms with van der Waals surface area (Å²) in [5.41, 5.74) is 2.63. The summed E-state index contributed by atoms with van der Waals surface area (Å²) in [5, 5.41) is 13.2. The van der Waals surface area contributed by atoms with E-state index in [9.17, 15) is 14.7 Å². The highest BCUT2D eigenvalue weighted by molar-refractivity contribution is 5.89. The van der Waals surface area contributed by atoms with E-state index in [4.69, 9.17) is 9.57 Å². The molecule has 0 saturated heterocycles. The topological polar surface area (TPSA) is 101 Å². The average molecular weight is 399 g/mol. The van der Waals surface area contributed by atoms with Crippen LogP contribution in [0.25, 0.3) is 11.1 Å². The Morgan fingerprint density at radius 1 is 1.28 bits per heavy atom. The molecular formula is C21H25N3O5. The van der Waals surface area contributed by atoms with Crippen molar-refractivity contribution in [2.45, 2.75) is 46.8 Å². The minimum Gasteiger partial charge on any atom is -0.488 e. The van der Waals surface area contributed by atoms with Crippen LogP contribution in [0.4, 0.5) is 10.6 Å². The minimum absolute atomic E-state index is 0.197. The van der Waals surface area contributed by atoms with E-state index in [0.29, 0.717) is 36.3 Å². The van der Waals surface area contributed by atoms with E-state index in [1.165, 1.54) is 6.92 Å². The minimum atomic E-state index is -1.15. The summed E-state index contributed by atoms with van der Waals surface area (Å²) in [6, 6.07) is 6.69. The second-order valence-electron chi connectivity index (χ2n) is 7.53. The van der Waals surface area contributed by atoms with Gasteiger partial charge in [-0.05, 0) is 43.0 Å². The Bertz CT molecular complexity index is 929. The molecule has 0 aliphatic carbocycles. The summed E-state index contributed by atoms with van der Waals surface area (Å²) < 4.78 is 5.81. The van der Waals surface area contributed by atoms with Crippen LogP contribution in [0.15, 0.2) is 30.5 Å². The van der Waals surface area contributed by atoms with Crippen molar-refractivity contribution >= 4 is 17.8 Å². The number of rotatable bonds is 6. The van der Waals surface area contributed by atoms with Gasteiger partial charge < -0.3 is 20.0 Å². The molecule has 1 aromatic carbocycles. The maximum Gasteiger partial charge on any atom is 0.440 e. The number of hydrogen-bond donors (Lipinski definition) is 2. The zero-order chi connectivity index (χ0) is 21.1. The molecule has 3 rings (SSSR count). The Hall–Kier alpha value is -3.29. The van der Waals surface area contributed by atoms with E-state index >= 15 is 0 Å². The highest BCUT2D eigenvalue weighted by Gasteiger charge is 2.24. The number of amides is 2. The van der Waals surface area contributed by atoms with Gasteiger partial charge in [0, 0.05) is 30.3 Å². The highest BCUT2D eigenvalue weighted by atomic mass is 16.7. The van der Waals surface area contributed by atoms with E-state index < -0.39 is 6.09 Å². The molecule has 1 aliphatic rings. The summed E-state index contributed by atoms with van der Waals surface area (Å²) in [6.45, 7) is 7.63. The summed E-state index contributed by atoms with van der Waals surface area (Å²) >= 11 is 0. The summed E-state index contributed by atoms with van der Waals surface area (Å²) in [6.07, 6.45) is 1.21. The van der Waals surface area contributed by atoms with E-state index in [1.54, 1.807) is 24.4 Å². The van der Waals surface area contributed by atoms with Crippen molar-refractivity contribution in [1.82, 2.24) is 10.0 Å². The lowest BCUT2D eigenvalue weighted by Crippen LogP contribution is -2.41. The molecule has 8 nitrogen and oxygen atoms in total. The van der Waals surface area contributed by atoms with Gasteiger partial charge in [0.2, 0.25) is 5.91 Å². The summed E-state index contributed by atoms with van der Waals surface area (Å²) in [4.78, 5) is 32.8. The monoisotopic (exact) mass is 399 g/mol. The van der Waals surface area contributed by atoms with Crippen LogP contribution < -0.4 is 14.9 Å². The molecule has 0 bridgehead atoms. The predicted octanol–water partition coefficient (Wildman–Crippen LogP) is 4.31. The first-order chi connectivity index (χ1) is 13.7. The van der Waals surface area contributed by atoms with Gasteiger partial charge >= 0.3 is 6.09 Å². The number of hydrogen-bond acceptors (Lipinski definition) is 5. The molecule has 0 radical (unpaired) electrons. The van der Waals surface area contributed by atoms with Crippen LogP contribution in [0.1, 0.15) is 39.7 Å². The van der Waals surface area contributed by atoms with Crippen LogP contribution in [0.5, 0.6) is 11.5 Å². The largest absolute Gasteiger partial charge is 0.488 e. The molecule has 8 heteroatoms. The van der Waals surface area contributed by atoms with E-state index in [0.717, 1.165) is 21.8 Å². The number of hydroxylamine groups is 2. The van der Waals surface area contributed by atoms with Crippen molar-refractivity contribution in [1.29, 1.82) is 0 Å². The van der Waals surface area contributed by atoms with Crippen LogP contribution in [0, 0.1) is 5.92 Å². The van der Waals surface area contributed by atoms with Crippen molar-refractivity contribution in [3.8, 4) is 22.6 Å². The molecule has 154 valence electrons. The van der Waals surface area contributed by atoms with E-state index in [-0.39, 0.29) is 11.9 Å². The van der Waals surface area contributed by atoms with Crippen molar-refractivity contribution in [3.05, 3.63) is 36.0 Å². The highest BCUT2D eigenvalue weighted by Crippen LogP contribution is 2.40. The second kappa shape index (κ2) is 8.38. The first-order valence-corrected chi connectivity index (χ1v) is 9.48. The first kappa shape index (κ1) is 20.4. The lowest BCUT2D eigenvalue weighted by Gasteiger charge is -2.27. The molecule has 0 saturated carbocycles. The fourth-order valence-corrected chi connectivity index (χ4v) is 3.36. The number of nitrogens with zero attached hydrogens (tertiary/aromatic N) is 2. The fraction of sp³-hybridized carbons (Fsp3) is 0.381. The SMILES string of the molecule is CC(=O)Nc1cc2c(cn1)COc1cc(ON(C(=O)O)C(C)CC(C)C)ccc1-2. The molecule has 1 aromatic heterocycles. The number of carboxylic acid groups (broad SMARTS) is 1. The maximum absolute atomic E-state index is 11.6. The number of carbonyl (C=O) groups excluding carboxylic acids is 1. The van der Waals surface area contributed by atoms with Gasteiger partial charge in [-0.2, -0.15) is 0 Å². The normalized spacial score (nSPS) is 13.0. The Kier molecular flexibility index (Phi) is 5.91. The van der Waals surface area contributed by atoms with Crippen molar-refractivity contribution in [2.75, 3.05) is 5.32 Å². The lowest BCUT2D eigenvalue weighted by molar-refractivity contribution is -0.114. The lowest BCUT2D eigenvalue weighted by atomic mass is 9.98. The Morgan fingerprint density at radius 2 is 2.03 bits per heavy atom. The van der Waals surface area contributed by atoms with Crippen molar-refractivity contribution < 1.29 is 24.3 Å². The van der Waals surface area contributed by atoms with Crippen LogP contribution >= 0.6 is 0 Å². The number of ether oxygens (including phenoxy) is 1. The molecule has 0 fully saturated rings. The van der Waals surface area contributed by atoms with Gasteiger partial charge in [0.05, 0.1) is 6.04 Å². The smallest absolute Gasteiger partial charge is 0.440 e. The number of carbonyl (C=O) groups is 2. The van der Waals surface area contributed by atoms with Crippen LogP contribution in [0.2, 0.25) is 0 Å². The van der Waals surface area contributed by atoms with Crippen molar-refractivity contribution in [3.63, 3.8) is 0 Å². The molecule has 2 aromatic rings. The van der Waals surface area contributed by atoms with Crippen LogP contribution in [0.3, 0.4) is 0 Å². The molecule has 0 spiro atoms. The van der Waals surface area contributed by atoms with Gasteiger partial charge in [-0.3, -0.25) is 4.79 Å². The number of aromatic nitrogens is 1. The Morgan fingerprint density at radius 3 is 2.69 bits per heavy atom. The molecule has 2 heterocycles. The fourth-order valence-electron chi connectivity index (χ4n) is 3.36. The van der Waals surface area contributed by atoms with Gasteiger partial charge in [0.1, 0.15) is 18.2 Å². The number of pyridine rings is 1. The van der Waals surface area contributed by atoms with E-state index in [1.807, 2.05) is 26.8 Å². The van der Waals surface area contributed by atoms with Gasteiger partial charge in [-0.15, -0.1) is 5.06 Å². The molecule has 1 atom stereocenters. The van der Waals surface area contributed by atoms with E-state index in [2.05, 4.69) is 10.3 Å². The third kappa shape index (κ3) is 4.77. The maximum atomic E-state index is 11.6. The standard InChI is InChI=1S/C21H25N3O5/c1-12(2)7-13(3)24(21(26)27)29-16-5-6-17-18-9-20(23-14(4)25)22-10-15(18)11-28-19(17)8-16/h5-6,8-10,12-13H,7,11H2,1-4H3,(H,26,27)(H,22,23,25). The van der Waals surface area contributed by atoms with Crippen LogP contribution in [-0.4, -0.2) is 33.2 Å². The van der Waals surface area contributed by atoms with Crippen LogP contribution in [-0.2, 0) is 11.4 Å². The van der Waals surface area contributed by atoms with Gasteiger partial charge in [0.25, 0.3) is 0 Å². The molecule has 1 aliphatic heterocycles. The quantitative estimate of drug-likeness (QED) is 0.702. The summed E-state index contributed by atoms with van der Waals surface area (Å²) in [5.74, 6) is 1.56. The third-order valence-corrected chi connectivity index (χ3v) is 4.52. The number of fused-ring (bicyclic) bond motifs is 3. The van der Waals surface area contributed by atoms with Gasteiger partial charge in [-0.1, -0.05) is 13.8 Å². The Labute approximate surface area is 169 Å². The van der Waals surface area contributed by atoms with Gasteiger partial charge in [0.15, 0.2) is 5.75 Å². The molecule has 2 amide bonds. The van der Waals surface area contributed by atoms with Crippen molar-refractivity contribution in [2.24, 2.45) is 5.92 Å². The molecule has 29 heavy (non-hydrogen) atoms. The predicted molar refractivity (Wildman–Crippen MR) is 108 cm³/mol. The molecular weight excluding hydrogens is 374 g/mol. The van der Waals surface area contributed by atoms with Gasteiger partial charge in [-0.25, -0.2) is 9.78 Å². The third-order valence-electron chi connectivity index (χ3n) is 4.52.